The molecule has 31 heavy (non-hydrogen) atoms. The second kappa shape index (κ2) is 8.12. The SMILES string of the molecule is O=C(c1ccc2c(c1)N(Cc1ccccc1)C(=O)c1ccccc1[S@]2=O)N1CCCC1. The van der Waals surface area contributed by atoms with Crippen LogP contribution >= 0.6 is 0 Å². The average Bonchev–Trinajstić information content (AvgIpc) is 3.34. The smallest absolute Gasteiger partial charge is 0.259 e. The molecule has 5 rings (SSSR count). The molecule has 5 nitrogen and oxygen atoms in total. The van der Waals surface area contributed by atoms with Gasteiger partial charge in [0.05, 0.1) is 38.4 Å². The van der Waals surface area contributed by atoms with Crippen LogP contribution < -0.4 is 4.90 Å². The summed E-state index contributed by atoms with van der Waals surface area (Å²) in [7, 11) is -1.52. The van der Waals surface area contributed by atoms with Crippen molar-refractivity contribution in [3.63, 3.8) is 0 Å². The van der Waals surface area contributed by atoms with Crippen molar-refractivity contribution in [2.45, 2.75) is 29.2 Å². The number of rotatable bonds is 3. The minimum Gasteiger partial charge on any atom is -0.339 e. The third-order valence-electron chi connectivity index (χ3n) is 5.84. The van der Waals surface area contributed by atoms with Crippen molar-refractivity contribution in [1.82, 2.24) is 4.90 Å². The second-order valence-corrected chi connectivity index (χ2v) is 9.24. The highest BCUT2D eigenvalue weighted by Gasteiger charge is 2.32. The minimum atomic E-state index is -1.52. The topological polar surface area (TPSA) is 57.7 Å². The van der Waals surface area contributed by atoms with Gasteiger partial charge in [-0.15, -0.1) is 0 Å². The van der Waals surface area contributed by atoms with Crippen molar-refractivity contribution in [3.8, 4) is 0 Å². The zero-order valence-corrected chi connectivity index (χ0v) is 17.8. The van der Waals surface area contributed by atoms with Gasteiger partial charge in [-0.25, -0.2) is 4.21 Å². The summed E-state index contributed by atoms with van der Waals surface area (Å²) in [5.41, 5.74) is 2.45. The molecule has 1 atom stereocenters. The van der Waals surface area contributed by atoms with E-state index in [1.807, 2.05) is 35.2 Å². The first kappa shape index (κ1) is 19.7. The molecule has 0 aliphatic carbocycles. The van der Waals surface area contributed by atoms with Gasteiger partial charge in [-0.2, -0.15) is 0 Å². The summed E-state index contributed by atoms with van der Waals surface area (Å²) in [6.07, 6.45) is 2.02. The lowest BCUT2D eigenvalue weighted by atomic mass is 10.1. The fourth-order valence-corrected chi connectivity index (χ4v) is 5.57. The Hall–Kier alpha value is -3.25. The minimum absolute atomic E-state index is 0.0417. The molecule has 3 aromatic carbocycles. The lowest BCUT2D eigenvalue weighted by molar-refractivity contribution is 0.0792. The highest BCUT2D eigenvalue weighted by Crippen LogP contribution is 2.36. The molecule has 0 unspecified atom stereocenters. The first-order chi connectivity index (χ1) is 15.1. The fourth-order valence-electron chi connectivity index (χ4n) is 4.22. The second-order valence-electron chi connectivity index (χ2n) is 7.82. The molecule has 2 heterocycles. The maximum atomic E-state index is 13.6. The maximum absolute atomic E-state index is 13.6. The van der Waals surface area contributed by atoms with Crippen LogP contribution in [0, 0.1) is 0 Å². The van der Waals surface area contributed by atoms with Gasteiger partial charge in [-0.05, 0) is 48.7 Å². The lowest BCUT2D eigenvalue weighted by Crippen LogP contribution is -2.31. The average molecular weight is 431 g/mol. The van der Waals surface area contributed by atoms with Crippen LogP contribution in [0.25, 0.3) is 0 Å². The molecule has 1 saturated heterocycles. The molecule has 2 amide bonds. The van der Waals surface area contributed by atoms with Gasteiger partial charge in [0.1, 0.15) is 0 Å². The van der Waals surface area contributed by atoms with Crippen molar-refractivity contribution in [2.24, 2.45) is 0 Å². The molecule has 156 valence electrons. The quantitative estimate of drug-likeness (QED) is 0.624. The number of amides is 2. The number of carbonyl (C=O) groups is 2. The number of nitrogens with zero attached hydrogens (tertiary/aromatic N) is 2. The Labute approximate surface area is 183 Å². The number of likely N-dealkylation sites (tertiary alicyclic amines) is 1. The number of carbonyl (C=O) groups excluding carboxylic acids is 2. The standard InChI is InChI=1S/C25H22N2O3S/c28-24(26-14-6-7-15-26)19-12-13-23-21(16-19)27(17-18-8-2-1-3-9-18)25(29)20-10-4-5-11-22(20)31(23)30/h1-5,8-13,16H,6-7,14-15,17H2/t31-/m1/s1. The van der Waals surface area contributed by atoms with Crippen LogP contribution in [0.5, 0.6) is 0 Å². The van der Waals surface area contributed by atoms with Crippen molar-refractivity contribution in [2.75, 3.05) is 18.0 Å². The first-order valence-corrected chi connectivity index (χ1v) is 11.6. The molecule has 0 radical (unpaired) electrons. The molecule has 0 spiro atoms. The largest absolute Gasteiger partial charge is 0.339 e. The van der Waals surface area contributed by atoms with E-state index in [0.29, 0.717) is 33.2 Å². The molecule has 0 aromatic heterocycles. The molecule has 0 N–H and O–H groups in total. The van der Waals surface area contributed by atoms with Gasteiger partial charge in [-0.1, -0.05) is 42.5 Å². The summed E-state index contributed by atoms with van der Waals surface area (Å²) in [6, 6.07) is 21.9. The van der Waals surface area contributed by atoms with Gasteiger partial charge in [0.25, 0.3) is 11.8 Å². The number of hydrogen-bond acceptors (Lipinski definition) is 3. The Morgan fingerprint density at radius 3 is 2.35 bits per heavy atom. The van der Waals surface area contributed by atoms with E-state index in [4.69, 9.17) is 0 Å². The fraction of sp³-hybridized carbons (Fsp3) is 0.200. The van der Waals surface area contributed by atoms with Crippen LogP contribution in [0.3, 0.4) is 0 Å². The molecule has 6 heteroatoms. The van der Waals surface area contributed by atoms with Gasteiger partial charge >= 0.3 is 0 Å². The third kappa shape index (κ3) is 3.57. The molecule has 2 aliphatic rings. The van der Waals surface area contributed by atoms with Gasteiger partial charge in [0.15, 0.2) is 0 Å². The summed E-state index contributed by atoms with van der Waals surface area (Å²) in [5.74, 6) is -0.253. The number of fused-ring (bicyclic) bond motifs is 2. The summed E-state index contributed by atoms with van der Waals surface area (Å²) in [6.45, 7) is 1.83. The predicted octanol–water partition coefficient (Wildman–Crippen LogP) is 4.25. The summed E-state index contributed by atoms with van der Waals surface area (Å²) >= 11 is 0. The first-order valence-electron chi connectivity index (χ1n) is 10.4. The van der Waals surface area contributed by atoms with Crippen molar-refractivity contribution < 1.29 is 13.8 Å². The van der Waals surface area contributed by atoms with Gasteiger partial charge in [0.2, 0.25) is 0 Å². The van der Waals surface area contributed by atoms with Crippen molar-refractivity contribution in [3.05, 3.63) is 89.5 Å². The van der Waals surface area contributed by atoms with Crippen molar-refractivity contribution in [1.29, 1.82) is 0 Å². The predicted molar refractivity (Wildman–Crippen MR) is 120 cm³/mol. The highest BCUT2D eigenvalue weighted by atomic mass is 32.2. The van der Waals surface area contributed by atoms with Crippen LogP contribution in [0.4, 0.5) is 5.69 Å². The van der Waals surface area contributed by atoms with Crippen LogP contribution in [0.2, 0.25) is 0 Å². The highest BCUT2D eigenvalue weighted by molar-refractivity contribution is 7.85. The molecule has 3 aromatic rings. The summed E-state index contributed by atoms with van der Waals surface area (Å²) < 4.78 is 13.4. The Kier molecular flexibility index (Phi) is 5.16. The number of anilines is 1. The van der Waals surface area contributed by atoms with E-state index in [1.165, 1.54) is 0 Å². The Bertz CT molecular complexity index is 1190. The van der Waals surface area contributed by atoms with Crippen LogP contribution in [-0.2, 0) is 17.3 Å². The zero-order chi connectivity index (χ0) is 21.4. The van der Waals surface area contributed by atoms with E-state index in [1.54, 1.807) is 47.4 Å². The molecular weight excluding hydrogens is 408 g/mol. The lowest BCUT2D eigenvalue weighted by Gasteiger charge is -2.24. The van der Waals surface area contributed by atoms with Crippen LogP contribution in [0.1, 0.15) is 39.1 Å². The van der Waals surface area contributed by atoms with E-state index in [0.717, 1.165) is 31.5 Å². The summed E-state index contributed by atoms with van der Waals surface area (Å²) in [4.78, 5) is 31.1. The Balaban J connectivity index is 1.65. The molecule has 0 saturated carbocycles. The van der Waals surface area contributed by atoms with E-state index >= 15 is 0 Å². The maximum Gasteiger partial charge on any atom is 0.259 e. The normalized spacial score (nSPS) is 17.8. The van der Waals surface area contributed by atoms with E-state index in [9.17, 15) is 13.8 Å². The van der Waals surface area contributed by atoms with Gasteiger partial charge in [0, 0.05) is 18.7 Å². The molecule has 0 bridgehead atoms. The van der Waals surface area contributed by atoms with Gasteiger partial charge < -0.3 is 9.80 Å². The van der Waals surface area contributed by atoms with E-state index in [-0.39, 0.29) is 11.8 Å². The van der Waals surface area contributed by atoms with Crippen molar-refractivity contribution >= 4 is 28.3 Å². The van der Waals surface area contributed by atoms with E-state index < -0.39 is 10.8 Å². The van der Waals surface area contributed by atoms with Gasteiger partial charge in [-0.3, -0.25) is 9.59 Å². The molecule has 2 aliphatic heterocycles. The monoisotopic (exact) mass is 430 g/mol. The number of benzene rings is 3. The third-order valence-corrected chi connectivity index (χ3v) is 7.34. The van der Waals surface area contributed by atoms with Crippen LogP contribution in [-0.4, -0.2) is 34.0 Å². The Morgan fingerprint density at radius 2 is 1.58 bits per heavy atom. The Morgan fingerprint density at radius 1 is 0.871 bits per heavy atom. The summed E-state index contributed by atoms with van der Waals surface area (Å²) in [5, 5.41) is 0. The molecule has 1 fully saturated rings. The zero-order valence-electron chi connectivity index (χ0n) is 17.0. The van der Waals surface area contributed by atoms with Crippen LogP contribution in [0.15, 0.2) is 82.6 Å². The number of hydrogen-bond donors (Lipinski definition) is 0. The van der Waals surface area contributed by atoms with E-state index in [2.05, 4.69) is 0 Å². The molecular formula is C25H22N2O3S.